The highest BCUT2D eigenvalue weighted by Crippen LogP contribution is 2.29. The predicted molar refractivity (Wildman–Crippen MR) is 160 cm³/mol. The number of carbonyl (C=O) groups is 3. The third-order valence-electron chi connectivity index (χ3n) is 7.05. The summed E-state index contributed by atoms with van der Waals surface area (Å²) in [6.45, 7) is 7.22. The zero-order chi connectivity index (χ0) is 29.4. The summed E-state index contributed by atoms with van der Waals surface area (Å²) in [6.07, 6.45) is 1.39. The van der Waals surface area contributed by atoms with Gasteiger partial charge in [0.15, 0.2) is 0 Å². The molecule has 0 saturated carbocycles. The molecular weight excluding hydrogens is 545 g/mol. The molecule has 4 amide bonds. The van der Waals surface area contributed by atoms with Gasteiger partial charge in [0, 0.05) is 55.4 Å². The van der Waals surface area contributed by atoms with E-state index in [-0.39, 0.29) is 11.9 Å². The SMILES string of the molecule is CCNC(=O)N1CCCN(c2ccc(C(=O)NCCc3ccc(Cl)cc3C)cc2NC(=O)c2ccc(F)cc2)CC1. The summed E-state index contributed by atoms with van der Waals surface area (Å²) >= 11 is 6.05. The Labute approximate surface area is 244 Å². The van der Waals surface area contributed by atoms with E-state index in [9.17, 15) is 18.8 Å². The Bertz CT molecular complexity index is 1400. The van der Waals surface area contributed by atoms with Gasteiger partial charge < -0.3 is 25.8 Å². The fourth-order valence-corrected chi connectivity index (χ4v) is 5.05. The van der Waals surface area contributed by atoms with E-state index >= 15 is 0 Å². The molecule has 1 saturated heterocycles. The van der Waals surface area contributed by atoms with Crippen molar-refractivity contribution in [2.24, 2.45) is 0 Å². The Balaban J connectivity index is 1.52. The van der Waals surface area contributed by atoms with Crippen molar-refractivity contribution in [1.29, 1.82) is 0 Å². The maximum Gasteiger partial charge on any atom is 0.317 e. The number of carbonyl (C=O) groups excluding carboxylic acids is 3. The molecule has 3 aromatic carbocycles. The van der Waals surface area contributed by atoms with Gasteiger partial charge in [-0.1, -0.05) is 17.7 Å². The lowest BCUT2D eigenvalue weighted by atomic mass is 10.1. The van der Waals surface area contributed by atoms with Crippen LogP contribution in [0.25, 0.3) is 0 Å². The maximum absolute atomic E-state index is 13.4. The molecular formula is C31H35ClFN5O3. The van der Waals surface area contributed by atoms with Gasteiger partial charge in [0.2, 0.25) is 0 Å². The Morgan fingerprint density at radius 2 is 1.63 bits per heavy atom. The fraction of sp³-hybridized carbons (Fsp3) is 0.323. The minimum absolute atomic E-state index is 0.0972. The van der Waals surface area contributed by atoms with Gasteiger partial charge >= 0.3 is 6.03 Å². The number of hydrogen-bond donors (Lipinski definition) is 3. The lowest BCUT2D eigenvalue weighted by Gasteiger charge is -2.26. The number of rotatable bonds is 8. The first kappa shape index (κ1) is 29.9. The predicted octanol–water partition coefficient (Wildman–Crippen LogP) is 5.25. The van der Waals surface area contributed by atoms with Crippen LogP contribution in [0.4, 0.5) is 20.6 Å². The third-order valence-corrected chi connectivity index (χ3v) is 7.28. The summed E-state index contributed by atoms with van der Waals surface area (Å²) in [6, 6.07) is 16.1. The molecule has 0 bridgehead atoms. The molecule has 0 atom stereocenters. The number of nitrogens with zero attached hydrogens (tertiary/aromatic N) is 2. The van der Waals surface area contributed by atoms with E-state index in [2.05, 4.69) is 20.9 Å². The normalized spacial score (nSPS) is 13.4. The summed E-state index contributed by atoms with van der Waals surface area (Å²) in [5.41, 5.74) is 4.06. The highest BCUT2D eigenvalue weighted by molar-refractivity contribution is 6.30. The van der Waals surface area contributed by atoms with Crippen molar-refractivity contribution >= 4 is 40.8 Å². The summed E-state index contributed by atoms with van der Waals surface area (Å²) in [5, 5.41) is 9.39. The molecule has 8 nitrogen and oxygen atoms in total. The van der Waals surface area contributed by atoms with Crippen LogP contribution >= 0.6 is 11.6 Å². The second-order valence-electron chi connectivity index (χ2n) is 9.93. The van der Waals surface area contributed by atoms with Crippen molar-refractivity contribution in [3.63, 3.8) is 0 Å². The van der Waals surface area contributed by atoms with E-state index in [0.717, 1.165) is 23.2 Å². The molecule has 3 N–H and O–H groups in total. The molecule has 0 unspecified atom stereocenters. The average Bonchev–Trinajstić information content (AvgIpc) is 3.21. The molecule has 0 spiro atoms. The van der Waals surface area contributed by atoms with Gasteiger partial charge in [0.1, 0.15) is 5.82 Å². The van der Waals surface area contributed by atoms with Crippen molar-refractivity contribution in [3.8, 4) is 0 Å². The molecule has 10 heteroatoms. The van der Waals surface area contributed by atoms with Crippen LogP contribution in [0, 0.1) is 12.7 Å². The van der Waals surface area contributed by atoms with E-state index in [4.69, 9.17) is 11.6 Å². The number of nitrogens with one attached hydrogen (secondary N) is 3. The van der Waals surface area contributed by atoms with Crippen LogP contribution in [-0.2, 0) is 6.42 Å². The monoisotopic (exact) mass is 579 g/mol. The summed E-state index contributed by atoms with van der Waals surface area (Å²) in [5.74, 6) is -1.12. The fourth-order valence-electron chi connectivity index (χ4n) is 4.83. The van der Waals surface area contributed by atoms with E-state index in [1.807, 2.05) is 38.1 Å². The molecule has 1 aliphatic rings. The molecule has 41 heavy (non-hydrogen) atoms. The van der Waals surface area contributed by atoms with E-state index < -0.39 is 11.7 Å². The van der Waals surface area contributed by atoms with Crippen molar-refractivity contribution in [2.45, 2.75) is 26.7 Å². The van der Waals surface area contributed by atoms with Gasteiger partial charge in [-0.3, -0.25) is 9.59 Å². The second kappa shape index (κ2) is 14.0. The molecule has 3 aromatic rings. The van der Waals surface area contributed by atoms with Gasteiger partial charge in [-0.05, 0) is 92.4 Å². The zero-order valence-electron chi connectivity index (χ0n) is 23.3. The highest BCUT2D eigenvalue weighted by Gasteiger charge is 2.22. The summed E-state index contributed by atoms with van der Waals surface area (Å²) < 4.78 is 13.4. The number of benzene rings is 3. The molecule has 1 aliphatic heterocycles. The Kier molecular flexibility index (Phi) is 10.2. The Morgan fingerprint density at radius 3 is 2.37 bits per heavy atom. The molecule has 4 rings (SSSR count). The number of halogens is 2. The summed E-state index contributed by atoms with van der Waals surface area (Å²) in [7, 11) is 0. The van der Waals surface area contributed by atoms with Crippen LogP contribution in [0.15, 0.2) is 60.7 Å². The highest BCUT2D eigenvalue weighted by atomic mass is 35.5. The number of aryl methyl sites for hydroxylation is 1. The first-order valence-electron chi connectivity index (χ1n) is 13.8. The van der Waals surface area contributed by atoms with Gasteiger partial charge in [-0.15, -0.1) is 0 Å². The molecule has 0 aromatic heterocycles. The molecule has 0 aliphatic carbocycles. The molecule has 1 heterocycles. The van der Waals surface area contributed by atoms with Crippen molar-refractivity contribution < 1.29 is 18.8 Å². The van der Waals surface area contributed by atoms with E-state index in [0.29, 0.717) is 67.5 Å². The second-order valence-corrected chi connectivity index (χ2v) is 10.4. The molecule has 0 radical (unpaired) electrons. The summed E-state index contributed by atoms with van der Waals surface area (Å²) in [4.78, 5) is 42.4. The van der Waals surface area contributed by atoms with Gasteiger partial charge in [0.25, 0.3) is 11.8 Å². The number of urea groups is 1. The van der Waals surface area contributed by atoms with Crippen LogP contribution in [0.2, 0.25) is 5.02 Å². The lowest BCUT2D eigenvalue weighted by Crippen LogP contribution is -2.42. The van der Waals surface area contributed by atoms with Crippen molar-refractivity contribution in [3.05, 3.63) is 93.8 Å². The smallest absolute Gasteiger partial charge is 0.317 e. The zero-order valence-corrected chi connectivity index (χ0v) is 24.1. The minimum atomic E-state index is -0.434. The largest absolute Gasteiger partial charge is 0.368 e. The standard InChI is InChI=1S/C31H35ClFN5O3/c1-3-34-31(41)38-16-4-15-37(17-18-38)28-12-8-24(20-27(28)36-30(40)23-6-10-26(33)11-7-23)29(39)35-14-13-22-5-9-25(32)19-21(22)2/h5-12,19-20H,3-4,13-18H2,1-2H3,(H,34,41)(H,35,39)(H,36,40). The minimum Gasteiger partial charge on any atom is -0.368 e. The number of anilines is 2. The van der Waals surface area contributed by atoms with Crippen molar-refractivity contribution in [1.82, 2.24) is 15.5 Å². The van der Waals surface area contributed by atoms with Crippen LogP contribution in [0.1, 0.15) is 45.2 Å². The molecule has 1 fully saturated rings. The quantitative estimate of drug-likeness (QED) is 0.340. The first-order valence-corrected chi connectivity index (χ1v) is 14.1. The van der Waals surface area contributed by atoms with Gasteiger partial charge in [-0.25, -0.2) is 9.18 Å². The van der Waals surface area contributed by atoms with Gasteiger partial charge in [0.05, 0.1) is 11.4 Å². The average molecular weight is 580 g/mol. The van der Waals surface area contributed by atoms with E-state index in [1.54, 1.807) is 17.0 Å². The Hall–Kier alpha value is -4.11. The molecule has 216 valence electrons. The van der Waals surface area contributed by atoms with Crippen LogP contribution < -0.4 is 20.9 Å². The topological polar surface area (TPSA) is 93.8 Å². The van der Waals surface area contributed by atoms with Crippen LogP contribution in [0.5, 0.6) is 0 Å². The third kappa shape index (κ3) is 7.98. The maximum atomic E-state index is 13.4. The van der Waals surface area contributed by atoms with E-state index in [1.165, 1.54) is 24.3 Å². The number of hydrogen-bond acceptors (Lipinski definition) is 4. The van der Waals surface area contributed by atoms with Crippen LogP contribution in [0.3, 0.4) is 0 Å². The lowest BCUT2D eigenvalue weighted by molar-refractivity contribution is 0.0952. The number of amides is 4. The van der Waals surface area contributed by atoms with Crippen molar-refractivity contribution in [2.75, 3.05) is 49.5 Å². The first-order chi connectivity index (χ1) is 19.7. The van der Waals surface area contributed by atoms with Gasteiger partial charge in [-0.2, -0.15) is 0 Å². The van der Waals surface area contributed by atoms with Crippen LogP contribution in [-0.4, -0.2) is 62.0 Å². The Morgan fingerprint density at radius 1 is 0.878 bits per heavy atom.